The lowest BCUT2D eigenvalue weighted by Gasteiger charge is -2.42. The first-order chi connectivity index (χ1) is 22.0. The highest BCUT2D eigenvalue weighted by Gasteiger charge is 2.42. The molecular formula is C43H38N2. The van der Waals surface area contributed by atoms with Crippen molar-refractivity contribution in [1.29, 1.82) is 0 Å². The van der Waals surface area contributed by atoms with Crippen LogP contribution in [0.2, 0.25) is 0 Å². The first-order valence-corrected chi connectivity index (χ1v) is 16.1. The van der Waals surface area contributed by atoms with Gasteiger partial charge in [-0.1, -0.05) is 123 Å². The van der Waals surface area contributed by atoms with E-state index in [1.165, 1.54) is 43.6 Å². The molecule has 6 aromatic rings. The second-order valence-corrected chi connectivity index (χ2v) is 13.1. The molecule has 8 rings (SSSR count). The number of nitrogens with zero attached hydrogens (tertiary/aromatic N) is 2. The third-order valence-corrected chi connectivity index (χ3v) is 10.4. The highest BCUT2D eigenvalue weighted by molar-refractivity contribution is 6.25. The van der Waals surface area contributed by atoms with Crippen molar-refractivity contribution in [3.05, 3.63) is 158 Å². The molecule has 6 aromatic carbocycles. The van der Waals surface area contributed by atoms with Crippen LogP contribution in [-0.4, -0.2) is 12.1 Å². The highest BCUT2D eigenvalue weighted by Crippen LogP contribution is 2.50. The first kappa shape index (κ1) is 27.5. The van der Waals surface area contributed by atoms with Crippen molar-refractivity contribution in [2.75, 3.05) is 9.80 Å². The molecule has 0 amide bonds. The second kappa shape index (κ2) is 10.5. The van der Waals surface area contributed by atoms with Crippen molar-refractivity contribution in [2.45, 2.75) is 38.8 Å². The third kappa shape index (κ3) is 4.31. The van der Waals surface area contributed by atoms with E-state index in [0.717, 1.165) is 17.1 Å². The largest absolute Gasteiger partial charge is 0.360 e. The van der Waals surface area contributed by atoms with Crippen LogP contribution in [0.25, 0.3) is 32.3 Å². The number of para-hydroxylation sites is 1. The van der Waals surface area contributed by atoms with Crippen molar-refractivity contribution in [3.63, 3.8) is 0 Å². The summed E-state index contributed by atoms with van der Waals surface area (Å²) in [5.74, 6) is 0.340. The molecule has 45 heavy (non-hydrogen) atoms. The number of hydrogen-bond donors (Lipinski definition) is 0. The topological polar surface area (TPSA) is 6.48 Å². The van der Waals surface area contributed by atoms with E-state index in [9.17, 15) is 0 Å². The number of rotatable bonds is 6. The molecule has 0 saturated carbocycles. The molecule has 0 fully saturated rings. The molecule has 0 aromatic heterocycles. The van der Waals surface area contributed by atoms with Gasteiger partial charge in [0.05, 0.1) is 6.04 Å². The molecule has 0 radical (unpaired) electrons. The third-order valence-electron chi connectivity index (χ3n) is 10.4. The average molecular weight is 583 g/mol. The fourth-order valence-electron chi connectivity index (χ4n) is 7.54. The molecular weight excluding hydrogens is 544 g/mol. The van der Waals surface area contributed by atoms with Crippen LogP contribution in [0.3, 0.4) is 0 Å². The van der Waals surface area contributed by atoms with Crippen molar-refractivity contribution < 1.29 is 0 Å². The number of anilines is 4. The van der Waals surface area contributed by atoms with Gasteiger partial charge in [0.25, 0.3) is 0 Å². The molecule has 2 nitrogen and oxygen atoms in total. The van der Waals surface area contributed by atoms with Crippen molar-refractivity contribution in [1.82, 2.24) is 0 Å². The van der Waals surface area contributed by atoms with Gasteiger partial charge in [0.1, 0.15) is 0 Å². The predicted octanol–water partition coefficient (Wildman–Crippen LogP) is 11.6. The summed E-state index contributed by atoms with van der Waals surface area (Å²) in [7, 11) is 0. The summed E-state index contributed by atoms with van der Waals surface area (Å²) in [5, 5.41) is 7.72. The van der Waals surface area contributed by atoms with E-state index in [1.54, 1.807) is 0 Å². The average Bonchev–Trinajstić information content (AvgIpc) is 3.42. The molecule has 2 heteroatoms. The van der Waals surface area contributed by atoms with Crippen molar-refractivity contribution >= 4 is 55.1 Å². The highest BCUT2D eigenvalue weighted by atomic mass is 15.2. The van der Waals surface area contributed by atoms with Crippen LogP contribution in [0.4, 0.5) is 22.7 Å². The van der Waals surface area contributed by atoms with Crippen LogP contribution in [-0.2, 0) is 0 Å². The van der Waals surface area contributed by atoms with Crippen molar-refractivity contribution in [2.24, 2.45) is 5.41 Å². The van der Waals surface area contributed by atoms with Gasteiger partial charge >= 0.3 is 0 Å². The number of benzene rings is 6. The zero-order valence-electron chi connectivity index (χ0n) is 26.2. The van der Waals surface area contributed by atoms with Crippen LogP contribution in [0.1, 0.15) is 32.3 Å². The predicted molar refractivity (Wildman–Crippen MR) is 194 cm³/mol. The van der Waals surface area contributed by atoms with Gasteiger partial charge in [-0.2, -0.15) is 0 Å². The summed E-state index contributed by atoms with van der Waals surface area (Å²) in [6, 6.07) is 43.0. The number of allylic oxidation sites excluding steroid dienone is 2. The van der Waals surface area contributed by atoms with E-state index in [1.807, 2.05) is 0 Å². The van der Waals surface area contributed by atoms with Gasteiger partial charge < -0.3 is 9.80 Å². The molecule has 0 N–H and O–H groups in total. The lowest BCUT2D eigenvalue weighted by Crippen LogP contribution is -2.46. The van der Waals surface area contributed by atoms with E-state index >= 15 is 0 Å². The minimum Gasteiger partial charge on any atom is -0.360 e. The summed E-state index contributed by atoms with van der Waals surface area (Å²) >= 11 is 0. The van der Waals surface area contributed by atoms with Crippen LogP contribution in [0.5, 0.6) is 0 Å². The summed E-state index contributed by atoms with van der Waals surface area (Å²) in [6.45, 7) is 11.1. The lowest BCUT2D eigenvalue weighted by atomic mass is 9.83. The molecule has 0 saturated heterocycles. The van der Waals surface area contributed by atoms with Crippen LogP contribution in [0.15, 0.2) is 152 Å². The van der Waals surface area contributed by atoms with E-state index < -0.39 is 0 Å². The first-order valence-electron chi connectivity index (χ1n) is 16.1. The van der Waals surface area contributed by atoms with Gasteiger partial charge in [-0.25, -0.2) is 0 Å². The van der Waals surface area contributed by atoms with E-state index in [-0.39, 0.29) is 11.5 Å². The van der Waals surface area contributed by atoms with Gasteiger partial charge in [-0.3, -0.25) is 0 Å². The summed E-state index contributed by atoms with van der Waals surface area (Å²) < 4.78 is 0. The zero-order valence-corrected chi connectivity index (χ0v) is 26.2. The van der Waals surface area contributed by atoms with E-state index in [4.69, 9.17) is 0 Å². The van der Waals surface area contributed by atoms with Crippen LogP contribution < -0.4 is 9.80 Å². The Labute approximate surface area is 266 Å². The molecule has 3 atom stereocenters. The minimum atomic E-state index is -0.0571. The van der Waals surface area contributed by atoms with Crippen LogP contribution in [0, 0.1) is 5.41 Å². The quantitative estimate of drug-likeness (QED) is 0.142. The zero-order chi connectivity index (χ0) is 30.7. The van der Waals surface area contributed by atoms with E-state index in [2.05, 4.69) is 183 Å². The Morgan fingerprint density at radius 2 is 1.20 bits per heavy atom. The lowest BCUT2D eigenvalue weighted by molar-refractivity contribution is 0.360. The Morgan fingerprint density at radius 1 is 0.644 bits per heavy atom. The number of fused-ring (bicyclic) bond motifs is 9. The van der Waals surface area contributed by atoms with Gasteiger partial charge in [0, 0.05) is 40.1 Å². The molecule has 220 valence electrons. The molecule has 2 unspecified atom stereocenters. The van der Waals surface area contributed by atoms with Gasteiger partial charge in [0.15, 0.2) is 0 Å². The summed E-state index contributed by atoms with van der Waals surface area (Å²) in [4.78, 5) is 5.05. The summed E-state index contributed by atoms with van der Waals surface area (Å²) in [6.07, 6.45) is 11.2. The molecule has 1 aliphatic heterocycles. The molecule has 2 aliphatic rings. The standard InChI is InChI=1S/C43H38N2/c1-5-43(3,4)29(2)44-41-22-14-13-21-38(41)39-26-24-32(28-42(39)44)45(30-15-7-6-8-16-30)31-23-25-37-35-19-10-9-17-33(35)34-18-11-12-20-36(34)40(37)27-31/h5-29,38,41H,1H2,2-4H3/t29-,38?,41?/m1/s1. The maximum absolute atomic E-state index is 4.21. The SMILES string of the molecule is C=CC(C)(C)[C@@H](C)N1c2cc(N(c3ccccc3)c3ccc4c5ccccc5c5ccccc5c4c3)ccc2C2C=CC=CC21. The Balaban J connectivity index is 1.35. The Kier molecular flexibility index (Phi) is 6.42. The van der Waals surface area contributed by atoms with Gasteiger partial charge in [0.2, 0.25) is 0 Å². The Morgan fingerprint density at radius 3 is 1.87 bits per heavy atom. The smallest absolute Gasteiger partial charge is 0.0583 e. The Hall–Kier alpha value is -5.08. The van der Waals surface area contributed by atoms with E-state index in [0.29, 0.717) is 12.0 Å². The monoisotopic (exact) mass is 582 g/mol. The maximum atomic E-state index is 4.21. The van der Waals surface area contributed by atoms with Gasteiger partial charge in [-0.15, -0.1) is 6.58 Å². The normalized spacial score (nSPS) is 17.9. The fourth-order valence-corrected chi connectivity index (χ4v) is 7.54. The number of hydrogen-bond acceptors (Lipinski definition) is 2. The second-order valence-electron chi connectivity index (χ2n) is 13.1. The maximum Gasteiger partial charge on any atom is 0.0583 e. The van der Waals surface area contributed by atoms with Crippen molar-refractivity contribution in [3.8, 4) is 0 Å². The summed E-state index contributed by atoms with van der Waals surface area (Å²) in [5.41, 5.74) is 6.08. The van der Waals surface area contributed by atoms with Gasteiger partial charge in [-0.05, 0) is 81.2 Å². The minimum absolute atomic E-state index is 0.0571. The molecule has 1 aliphatic carbocycles. The molecule has 0 spiro atoms. The molecule has 1 heterocycles. The Bertz CT molecular complexity index is 2120. The fraction of sp³-hybridized carbons (Fsp3) is 0.163. The molecule has 0 bridgehead atoms. The van der Waals surface area contributed by atoms with Crippen LogP contribution >= 0.6 is 0 Å².